The van der Waals surface area contributed by atoms with E-state index in [0.29, 0.717) is 0 Å². The van der Waals surface area contributed by atoms with Crippen molar-refractivity contribution in [2.24, 2.45) is 0 Å². The molecule has 4 nitrogen and oxygen atoms in total. The molecule has 0 radical (unpaired) electrons. The Bertz CT molecular complexity index is 701. The third-order valence-electron chi connectivity index (χ3n) is 3.07. The lowest BCUT2D eigenvalue weighted by Crippen LogP contribution is -1.92. The minimum Gasteiger partial charge on any atom is -0.497 e. The number of hydrogen-bond acceptors (Lipinski definition) is 3. The fourth-order valence-corrected chi connectivity index (χ4v) is 2.00. The average molecular weight is 253 g/mol. The predicted molar refractivity (Wildman–Crippen MR) is 73.5 cm³/mol. The van der Waals surface area contributed by atoms with E-state index in [0.717, 1.165) is 23.6 Å². The van der Waals surface area contributed by atoms with E-state index in [1.165, 1.54) is 11.1 Å². The molecule has 96 valence electrons. The summed E-state index contributed by atoms with van der Waals surface area (Å²) < 4.78 is 6.95. The number of nitrogens with zero attached hydrogens (tertiary/aromatic N) is 3. The van der Waals surface area contributed by atoms with Crippen LogP contribution in [0.2, 0.25) is 0 Å². The van der Waals surface area contributed by atoms with Crippen LogP contribution >= 0.6 is 0 Å². The van der Waals surface area contributed by atoms with E-state index in [1.54, 1.807) is 11.6 Å². The number of aromatic nitrogens is 3. The number of fused-ring (bicyclic) bond motifs is 1. The topological polar surface area (TPSA) is 39.4 Å². The molecule has 0 fully saturated rings. The molecule has 0 saturated heterocycles. The summed E-state index contributed by atoms with van der Waals surface area (Å²) in [5.41, 5.74) is 3.28. The lowest BCUT2D eigenvalue weighted by atomic mass is 10.1. The maximum Gasteiger partial charge on any atom is 0.159 e. The Balaban J connectivity index is 1.90. The highest BCUT2D eigenvalue weighted by atomic mass is 16.5. The lowest BCUT2D eigenvalue weighted by Gasteiger charge is -1.97. The van der Waals surface area contributed by atoms with Gasteiger partial charge < -0.3 is 4.74 Å². The largest absolute Gasteiger partial charge is 0.497 e. The summed E-state index contributed by atoms with van der Waals surface area (Å²) in [6, 6.07) is 12.2. The van der Waals surface area contributed by atoms with Crippen LogP contribution in [0, 0.1) is 6.92 Å². The first-order chi connectivity index (χ1) is 9.24. The summed E-state index contributed by atoms with van der Waals surface area (Å²) in [5.74, 6) is 1.61. The number of rotatable bonds is 3. The van der Waals surface area contributed by atoms with Crippen LogP contribution in [0.1, 0.15) is 17.0 Å². The molecule has 2 aromatic heterocycles. The molecule has 3 aromatic rings. The first kappa shape index (κ1) is 11.7. The molecular weight excluding hydrogens is 238 g/mol. The minimum atomic E-state index is 0.740. The van der Waals surface area contributed by atoms with E-state index in [-0.39, 0.29) is 0 Å². The van der Waals surface area contributed by atoms with Crippen LogP contribution < -0.4 is 4.74 Å². The van der Waals surface area contributed by atoms with Crippen molar-refractivity contribution < 1.29 is 4.74 Å². The number of hydrogen-bond donors (Lipinski definition) is 0. The van der Waals surface area contributed by atoms with Crippen LogP contribution in [0.4, 0.5) is 0 Å². The monoisotopic (exact) mass is 253 g/mol. The SMILES string of the molecule is COc1ccn2nc(Cc3ccc(C)cc3)nc2c1. The zero-order valence-electron chi connectivity index (χ0n) is 11.0. The van der Waals surface area contributed by atoms with Crippen molar-refractivity contribution in [1.29, 1.82) is 0 Å². The highest BCUT2D eigenvalue weighted by Crippen LogP contribution is 2.14. The molecule has 0 aliphatic carbocycles. The molecule has 0 bridgehead atoms. The molecule has 0 unspecified atom stereocenters. The van der Waals surface area contributed by atoms with E-state index in [4.69, 9.17) is 4.74 Å². The molecule has 0 N–H and O–H groups in total. The predicted octanol–water partition coefficient (Wildman–Crippen LogP) is 2.64. The molecule has 0 spiro atoms. The van der Waals surface area contributed by atoms with Gasteiger partial charge in [0.2, 0.25) is 0 Å². The van der Waals surface area contributed by atoms with Crippen molar-refractivity contribution in [1.82, 2.24) is 14.6 Å². The van der Waals surface area contributed by atoms with Crippen molar-refractivity contribution in [3.63, 3.8) is 0 Å². The zero-order chi connectivity index (χ0) is 13.2. The maximum absolute atomic E-state index is 5.18. The first-order valence-electron chi connectivity index (χ1n) is 6.19. The van der Waals surface area contributed by atoms with Gasteiger partial charge in [-0.05, 0) is 18.6 Å². The molecule has 3 rings (SSSR count). The Kier molecular flexibility index (Phi) is 2.91. The number of benzene rings is 1. The number of methoxy groups -OCH3 is 1. The van der Waals surface area contributed by atoms with E-state index in [1.807, 2.05) is 18.3 Å². The molecule has 4 heteroatoms. The van der Waals surface area contributed by atoms with Crippen LogP contribution in [0.3, 0.4) is 0 Å². The van der Waals surface area contributed by atoms with Gasteiger partial charge in [-0.3, -0.25) is 0 Å². The number of ether oxygens (including phenoxy) is 1. The first-order valence-corrected chi connectivity index (χ1v) is 6.19. The molecule has 1 aromatic carbocycles. The fraction of sp³-hybridized carbons (Fsp3) is 0.200. The Labute approximate surface area is 111 Å². The van der Waals surface area contributed by atoms with E-state index in [9.17, 15) is 0 Å². The molecule has 0 saturated carbocycles. The summed E-state index contributed by atoms with van der Waals surface area (Å²) >= 11 is 0. The van der Waals surface area contributed by atoms with E-state index >= 15 is 0 Å². The fourth-order valence-electron chi connectivity index (χ4n) is 2.00. The van der Waals surface area contributed by atoms with Gasteiger partial charge in [0.1, 0.15) is 5.75 Å². The van der Waals surface area contributed by atoms with Crippen molar-refractivity contribution in [2.45, 2.75) is 13.3 Å². The van der Waals surface area contributed by atoms with Gasteiger partial charge in [0.05, 0.1) is 7.11 Å². The third-order valence-corrected chi connectivity index (χ3v) is 3.07. The lowest BCUT2D eigenvalue weighted by molar-refractivity contribution is 0.414. The van der Waals surface area contributed by atoms with Gasteiger partial charge in [-0.25, -0.2) is 9.50 Å². The smallest absolute Gasteiger partial charge is 0.159 e. The molecule has 19 heavy (non-hydrogen) atoms. The van der Waals surface area contributed by atoms with Gasteiger partial charge in [-0.1, -0.05) is 29.8 Å². The normalized spacial score (nSPS) is 10.8. The molecule has 0 aliphatic rings. The summed E-state index contributed by atoms with van der Waals surface area (Å²) in [6.45, 7) is 2.08. The van der Waals surface area contributed by atoms with Crippen LogP contribution in [0.25, 0.3) is 5.65 Å². The average Bonchev–Trinajstić information content (AvgIpc) is 2.82. The van der Waals surface area contributed by atoms with E-state index < -0.39 is 0 Å². The van der Waals surface area contributed by atoms with Gasteiger partial charge in [0.25, 0.3) is 0 Å². The number of aryl methyl sites for hydroxylation is 1. The quantitative estimate of drug-likeness (QED) is 0.720. The van der Waals surface area contributed by atoms with Gasteiger partial charge in [0.15, 0.2) is 11.5 Å². The van der Waals surface area contributed by atoms with Crippen LogP contribution in [-0.2, 0) is 6.42 Å². The summed E-state index contributed by atoms with van der Waals surface area (Å²) in [7, 11) is 1.65. The van der Waals surface area contributed by atoms with Crippen molar-refractivity contribution in [2.75, 3.05) is 7.11 Å². The maximum atomic E-state index is 5.18. The summed E-state index contributed by atoms with van der Waals surface area (Å²) in [5, 5.41) is 4.46. The van der Waals surface area contributed by atoms with E-state index in [2.05, 4.69) is 41.3 Å². The number of pyridine rings is 1. The van der Waals surface area contributed by atoms with Gasteiger partial charge in [-0.15, -0.1) is 0 Å². The second kappa shape index (κ2) is 4.72. The molecule has 0 atom stereocenters. The van der Waals surface area contributed by atoms with Gasteiger partial charge in [0, 0.05) is 18.7 Å². The Morgan fingerprint density at radius 1 is 1.16 bits per heavy atom. The van der Waals surface area contributed by atoms with Gasteiger partial charge >= 0.3 is 0 Å². The molecule has 2 heterocycles. The Morgan fingerprint density at radius 2 is 1.95 bits per heavy atom. The highest BCUT2D eigenvalue weighted by Gasteiger charge is 2.05. The molecule has 0 amide bonds. The van der Waals surface area contributed by atoms with Crippen molar-refractivity contribution in [3.05, 3.63) is 59.5 Å². The second-order valence-corrected chi connectivity index (χ2v) is 4.56. The summed E-state index contributed by atoms with van der Waals surface area (Å²) in [6.07, 6.45) is 2.60. The van der Waals surface area contributed by atoms with Crippen LogP contribution in [0.15, 0.2) is 42.6 Å². The summed E-state index contributed by atoms with van der Waals surface area (Å²) in [4.78, 5) is 4.51. The standard InChI is InChI=1S/C15H15N3O/c1-11-3-5-12(6-4-11)9-14-16-15-10-13(19-2)7-8-18(15)17-14/h3-8,10H,9H2,1-2H3. The third kappa shape index (κ3) is 2.42. The minimum absolute atomic E-state index is 0.740. The van der Waals surface area contributed by atoms with Crippen LogP contribution in [-0.4, -0.2) is 21.7 Å². The second-order valence-electron chi connectivity index (χ2n) is 4.56. The Hall–Kier alpha value is -2.36. The van der Waals surface area contributed by atoms with Crippen molar-refractivity contribution in [3.8, 4) is 5.75 Å². The van der Waals surface area contributed by atoms with Crippen molar-refractivity contribution >= 4 is 5.65 Å². The molecule has 0 aliphatic heterocycles. The Morgan fingerprint density at radius 3 is 2.68 bits per heavy atom. The highest BCUT2D eigenvalue weighted by molar-refractivity contribution is 5.43. The zero-order valence-corrected chi connectivity index (χ0v) is 11.0. The molecular formula is C15H15N3O. The van der Waals surface area contributed by atoms with Crippen LogP contribution in [0.5, 0.6) is 5.75 Å². The van der Waals surface area contributed by atoms with Gasteiger partial charge in [-0.2, -0.15) is 5.10 Å².